The number of carbonyl (C=O) groups is 1. The molecule has 0 unspecified atom stereocenters. The zero-order valence-electron chi connectivity index (χ0n) is 20.2. The van der Waals surface area contributed by atoms with Gasteiger partial charge in [0, 0.05) is 36.1 Å². The Labute approximate surface area is 209 Å². The number of benzene rings is 1. The molecule has 0 atom stereocenters. The van der Waals surface area contributed by atoms with Crippen LogP contribution >= 0.6 is 0 Å². The number of hydrogen-bond acceptors (Lipinski definition) is 5. The van der Waals surface area contributed by atoms with Crippen molar-refractivity contribution in [3.63, 3.8) is 0 Å². The summed E-state index contributed by atoms with van der Waals surface area (Å²) < 4.78 is 54.4. The zero-order valence-corrected chi connectivity index (χ0v) is 20.2. The molecule has 1 amide bonds. The van der Waals surface area contributed by atoms with Gasteiger partial charge < -0.3 is 4.57 Å². The number of anilines is 1. The molecule has 7 nitrogen and oxygen atoms in total. The maximum Gasteiger partial charge on any atom is 0.434 e. The molecular weight excluding hydrogens is 488 g/mol. The van der Waals surface area contributed by atoms with E-state index < -0.39 is 17.7 Å². The number of aromatic nitrogens is 5. The Bertz CT molecular complexity index is 1490. The molecule has 1 aliphatic rings. The Morgan fingerprint density at radius 1 is 1.05 bits per heavy atom. The maximum atomic E-state index is 14.0. The van der Waals surface area contributed by atoms with Crippen LogP contribution in [-0.2, 0) is 31.0 Å². The first-order chi connectivity index (χ1) is 17.5. The number of fused-ring (bicyclic) bond motifs is 1. The number of halogens is 4. The number of imidazole rings is 1. The smallest absolute Gasteiger partial charge is 0.333 e. The number of rotatable bonds is 5. The Kier molecular flexibility index (Phi) is 6.01. The lowest BCUT2D eigenvalue weighted by Gasteiger charge is -2.18. The van der Waals surface area contributed by atoms with Gasteiger partial charge in [-0.05, 0) is 17.5 Å². The fourth-order valence-corrected chi connectivity index (χ4v) is 4.33. The van der Waals surface area contributed by atoms with Crippen molar-refractivity contribution in [2.45, 2.75) is 38.9 Å². The monoisotopic (exact) mass is 510 g/mol. The second kappa shape index (κ2) is 9.06. The summed E-state index contributed by atoms with van der Waals surface area (Å²) in [6, 6.07) is 8.14. The summed E-state index contributed by atoms with van der Waals surface area (Å²) in [5.74, 6) is 0.243. The number of aryl methyl sites for hydroxylation is 1. The summed E-state index contributed by atoms with van der Waals surface area (Å²) in [7, 11) is 1.50. The van der Waals surface area contributed by atoms with Gasteiger partial charge in [0.1, 0.15) is 17.5 Å². The number of carbonyl (C=O) groups excluding carboxylic acids is 1. The third-order valence-electron chi connectivity index (χ3n) is 6.13. The van der Waals surface area contributed by atoms with Crippen molar-refractivity contribution in [2.24, 2.45) is 7.05 Å². The van der Waals surface area contributed by atoms with Crippen molar-refractivity contribution in [1.29, 1.82) is 0 Å². The number of pyridine rings is 1. The van der Waals surface area contributed by atoms with Crippen molar-refractivity contribution in [3.05, 3.63) is 77.3 Å². The Morgan fingerprint density at radius 2 is 1.78 bits per heavy atom. The highest BCUT2D eigenvalue weighted by Gasteiger charge is 2.34. The van der Waals surface area contributed by atoms with Crippen LogP contribution in [0.4, 0.5) is 23.4 Å². The quantitative estimate of drug-likeness (QED) is 0.340. The summed E-state index contributed by atoms with van der Waals surface area (Å²) in [6.07, 6.45) is -0.718. The molecule has 0 radical (unpaired) electrons. The standard InChI is InChI=1S/C26H22F4N6O/c1-14(2)22-19(9-18(27)11-31-22)23-32-10-17-8-21(37)36(25(17)34-23)12-15-4-6-16(7-5-15)24-33-20(13-35(24)3)26(28,29)30/h4-7,9-11,13-14H,8,12H2,1-3H3. The molecule has 0 spiro atoms. The lowest BCUT2D eigenvalue weighted by atomic mass is 10.0. The first kappa shape index (κ1) is 24.5. The van der Waals surface area contributed by atoms with Crippen LogP contribution < -0.4 is 4.90 Å². The van der Waals surface area contributed by atoms with Gasteiger partial charge in [-0.1, -0.05) is 38.1 Å². The summed E-state index contributed by atoms with van der Waals surface area (Å²) in [6.45, 7) is 4.08. The van der Waals surface area contributed by atoms with Gasteiger partial charge in [0.05, 0.1) is 24.9 Å². The normalized spacial score (nSPS) is 13.5. The summed E-state index contributed by atoms with van der Waals surface area (Å²) in [4.78, 5) is 31.2. The molecule has 0 saturated carbocycles. The van der Waals surface area contributed by atoms with Gasteiger partial charge in [0.15, 0.2) is 11.5 Å². The largest absolute Gasteiger partial charge is 0.434 e. The fraction of sp³-hybridized carbons (Fsp3) is 0.269. The SMILES string of the molecule is CC(C)c1ncc(F)cc1-c1ncc2c(n1)N(Cc1ccc(-c3nc(C(F)(F)F)cn3C)cc1)C(=O)C2. The lowest BCUT2D eigenvalue weighted by molar-refractivity contribution is -0.140. The highest BCUT2D eigenvalue weighted by atomic mass is 19.4. The molecule has 0 aliphatic carbocycles. The first-order valence-corrected chi connectivity index (χ1v) is 11.5. The van der Waals surface area contributed by atoms with Crippen LogP contribution in [0.15, 0.2) is 48.9 Å². The van der Waals surface area contributed by atoms with Crippen molar-refractivity contribution < 1.29 is 22.4 Å². The fourth-order valence-electron chi connectivity index (χ4n) is 4.33. The predicted octanol–water partition coefficient (Wildman–Crippen LogP) is 5.31. The third kappa shape index (κ3) is 4.68. The average Bonchev–Trinajstić information content (AvgIpc) is 3.38. The Balaban J connectivity index is 1.43. The molecule has 0 saturated heterocycles. The zero-order chi connectivity index (χ0) is 26.5. The maximum absolute atomic E-state index is 14.0. The highest BCUT2D eigenvalue weighted by Crippen LogP contribution is 2.33. The molecule has 4 heterocycles. The Morgan fingerprint density at radius 3 is 2.43 bits per heavy atom. The lowest BCUT2D eigenvalue weighted by Crippen LogP contribution is -2.26. The van der Waals surface area contributed by atoms with Crippen LogP contribution in [-0.4, -0.2) is 30.4 Å². The van der Waals surface area contributed by atoms with E-state index in [0.717, 1.165) is 18.0 Å². The number of nitrogens with zero attached hydrogens (tertiary/aromatic N) is 6. The molecule has 3 aromatic heterocycles. The molecule has 1 aromatic carbocycles. The molecule has 0 fully saturated rings. The van der Waals surface area contributed by atoms with Gasteiger partial charge in [-0.3, -0.25) is 14.7 Å². The molecule has 0 bridgehead atoms. The van der Waals surface area contributed by atoms with Gasteiger partial charge in [-0.2, -0.15) is 13.2 Å². The van der Waals surface area contributed by atoms with Crippen LogP contribution in [0.3, 0.4) is 0 Å². The van der Waals surface area contributed by atoms with E-state index in [-0.39, 0.29) is 36.4 Å². The second-order valence-electron chi connectivity index (χ2n) is 9.20. The van der Waals surface area contributed by atoms with E-state index in [1.165, 1.54) is 22.6 Å². The number of alkyl halides is 3. The van der Waals surface area contributed by atoms with Crippen molar-refractivity contribution in [1.82, 2.24) is 24.5 Å². The van der Waals surface area contributed by atoms with Crippen molar-refractivity contribution in [3.8, 4) is 22.8 Å². The van der Waals surface area contributed by atoms with E-state index in [2.05, 4.69) is 19.9 Å². The molecule has 1 aliphatic heterocycles. The van der Waals surface area contributed by atoms with Crippen molar-refractivity contribution >= 4 is 11.7 Å². The summed E-state index contributed by atoms with van der Waals surface area (Å²) in [5, 5.41) is 0. The molecule has 190 valence electrons. The Hall–Kier alpha value is -4.15. The van der Waals surface area contributed by atoms with Crippen LogP contribution in [0.1, 0.15) is 42.3 Å². The van der Waals surface area contributed by atoms with Crippen LogP contribution in [0.2, 0.25) is 0 Å². The van der Waals surface area contributed by atoms with E-state index in [0.29, 0.717) is 28.2 Å². The van der Waals surface area contributed by atoms with Crippen LogP contribution in [0, 0.1) is 5.82 Å². The first-order valence-electron chi connectivity index (χ1n) is 11.5. The summed E-state index contributed by atoms with van der Waals surface area (Å²) >= 11 is 0. The van der Waals surface area contributed by atoms with Gasteiger partial charge in [-0.25, -0.2) is 19.3 Å². The van der Waals surface area contributed by atoms with E-state index in [1.807, 2.05) is 13.8 Å². The second-order valence-corrected chi connectivity index (χ2v) is 9.20. The van der Waals surface area contributed by atoms with E-state index in [9.17, 15) is 22.4 Å². The third-order valence-corrected chi connectivity index (χ3v) is 6.13. The number of hydrogen-bond donors (Lipinski definition) is 0. The van der Waals surface area contributed by atoms with Crippen LogP contribution in [0.25, 0.3) is 22.8 Å². The van der Waals surface area contributed by atoms with Gasteiger partial charge in [0.2, 0.25) is 5.91 Å². The predicted molar refractivity (Wildman–Crippen MR) is 128 cm³/mol. The molecular formula is C26H22F4N6O. The van der Waals surface area contributed by atoms with E-state index in [4.69, 9.17) is 0 Å². The molecule has 11 heteroatoms. The van der Waals surface area contributed by atoms with Gasteiger partial charge in [-0.15, -0.1) is 0 Å². The van der Waals surface area contributed by atoms with Gasteiger partial charge >= 0.3 is 6.18 Å². The van der Waals surface area contributed by atoms with E-state index in [1.54, 1.807) is 30.5 Å². The van der Waals surface area contributed by atoms with E-state index >= 15 is 0 Å². The summed E-state index contributed by atoms with van der Waals surface area (Å²) in [5.41, 5.74) is 2.09. The highest BCUT2D eigenvalue weighted by molar-refractivity contribution is 6.00. The molecule has 4 aromatic rings. The topological polar surface area (TPSA) is 76.8 Å². The minimum Gasteiger partial charge on any atom is -0.333 e. The number of amides is 1. The minimum absolute atomic E-state index is 0.00892. The minimum atomic E-state index is -4.53. The van der Waals surface area contributed by atoms with Gasteiger partial charge in [0.25, 0.3) is 0 Å². The van der Waals surface area contributed by atoms with Crippen LogP contribution in [0.5, 0.6) is 0 Å². The molecule has 0 N–H and O–H groups in total. The average molecular weight is 510 g/mol. The van der Waals surface area contributed by atoms with Crippen molar-refractivity contribution in [2.75, 3.05) is 4.90 Å². The molecule has 5 rings (SSSR count). The molecule has 37 heavy (non-hydrogen) atoms.